The van der Waals surface area contributed by atoms with Gasteiger partial charge in [-0.2, -0.15) is 0 Å². The second kappa shape index (κ2) is 4.35. The fourth-order valence-electron chi connectivity index (χ4n) is 2.35. The largest absolute Gasteiger partial charge is 0.501 e. The summed E-state index contributed by atoms with van der Waals surface area (Å²) < 4.78 is 5.19. The Morgan fingerprint density at radius 3 is 2.73 bits per heavy atom. The van der Waals surface area contributed by atoms with Crippen LogP contribution in [0.3, 0.4) is 0 Å². The average molecular weight is 209 g/mol. The van der Waals surface area contributed by atoms with Crippen LogP contribution in [0, 0.1) is 5.41 Å². The van der Waals surface area contributed by atoms with Crippen molar-refractivity contribution < 1.29 is 9.53 Å². The molecule has 0 spiro atoms. The Labute approximate surface area is 90.7 Å². The number of hydrogen-bond donors (Lipinski definition) is 1. The second-order valence-electron chi connectivity index (χ2n) is 4.78. The standard InChI is InChI=1S/C12H19NO2/c13-9-12(4-2-5-12)7-11(14)10-3-1-6-15-8-10/h8H,1-7,9,13H2. The summed E-state index contributed by atoms with van der Waals surface area (Å²) in [4.78, 5) is 12.0. The third-order valence-electron chi connectivity index (χ3n) is 3.67. The zero-order chi connectivity index (χ0) is 10.7. The Bertz CT molecular complexity index is 274. The van der Waals surface area contributed by atoms with Gasteiger partial charge in [-0.25, -0.2) is 0 Å². The lowest BCUT2D eigenvalue weighted by atomic mass is 9.65. The van der Waals surface area contributed by atoms with Crippen LogP contribution in [0.1, 0.15) is 38.5 Å². The van der Waals surface area contributed by atoms with E-state index in [4.69, 9.17) is 10.5 Å². The van der Waals surface area contributed by atoms with Gasteiger partial charge in [0, 0.05) is 12.0 Å². The summed E-state index contributed by atoms with van der Waals surface area (Å²) in [5.41, 5.74) is 6.73. The van der Waals surface area contributed by atoms with Crippen LogP contribution in [0.4, 0.5) is 0 Å². The van der Waals surface area contributed by atoms with Gasteiger partial charge >= 0.3 is 0 Å². The minimum Gasteiger partial charge on any atom is -0.501 e. The molecule has 1 aliphatic carbocycles. The SMILES string of the molecule is NCC1(CC(=O)C2=COCCC2)CCC1. The number of ketones is 1. The van der Waals surface area contributed by atoms with E-state index in [1.54, 1.807) is 6.26 Å². The first kappa shape index (κ1) is 10.7. The molecule has 2 N–H and O–H groups in total. The number of ether oxygens (including phenoxy) is 1. The predicted octanol–water partition coefficient (Wildman–Crippen LogP) is 1.77. The first-order valence-electron chi connectivity index (χ1n) is 5.80. The molecular weight excluding hydrogens is 190 g/mol. The molecule has 1 fully saturated rings. The molecular formula is C12H19NO2. The summed E-state index contributed by atoms with van der Waals surface area (Å²) in [6, 6.07) is 0. The number of rotatable bonds is 4. The smallest absolute Gasteiger partial charge is 0.162 e. The third kappa shape index (κ3) is 2.23. The fourth-order valence-corrected chi connectivity index (χ4v) is 2.35. The number of hydrogen-bond acceptors (Lipinski definition) is 3. The van der Waals surface area contributed by atoms with Crippen molar-refractivity contribution in [3.8, 4) is 0 Å². The molecule has 15 heavy (non-hydrogen) atoms. The van der Waals surface area contributed by atoms with E-state index in [1.807, 2.05) is 0 Å². The number of carbonyl (C=O) groups is 1. The summed E-state index contributed by atoms with van der Waals surface area (Å²) >= 11 is 0. The quantitative estimate of drug-likeness (QED) is 0.767. The van der Waals surface area contributed by atoms with E-state index in [0.29, 0.717) is 13.0 Å². The van der Waals surface area contributed by atoms with Crippen LogP contribution >= 0.6 is 0 Å². The normalized spacial score (nSPS) is 23.7. The molecule has 2 rings (SSSR count). The van der Waals surface area contributed by atoms with Gasteiger partial charge in [-0.15, -0.1) is 0 Å². The molecule has 0 aromatic heterocycles. The summed E-state index contributed by atoms with van der Waals surface area (Å²) in [5.74, 6) is 0.250. The molecule has 3 heteroatoms. The molecule has 0 saturated heterocycles. The highest BCUT2D eigenvalue weighted by Gasteiger charge is 2.38. The number of allylic oxidation sites excluding steroid dienone is 1. The van der Waals surface area contributed by atoms with Gasteiger partial charge in [0.25, 0.3) is 0 Å². The van der Waals surface area contributed by atoms with Crippen LogP contribution in [0.25, 0.3) is 0 Å². The molecule has 0 unspecified atom stereocenters. The minimum atomic E-state index is 0.120. The molecule has 0 aromatic carbocycles. The summed E-state index contributed by atoms with van der Waals surface area (Å²) in [5, 5.41) is 0. The molecule has 1 heterocycles. The van der Waals surface area contributed by atoms with Crippen molar-refractivity contribution in [1.29, 1.82) is 0 Å². The number of Topliss-reactive ketones (excluding diaryl/α,β-unsaturated/α-hetero) is 1. The Morgan fingerprint density at radius 1 is 1.47 bits per heavy atom. The van der Waals surface area contributed by atoms with Crippen LogP contribution in [0.2, 0.25) is 0 Å². The molecule has 0 bridgehead atoms. The Morgan fingerprint density at radius 2 is 2.27 bits per heavy atom. The number of nitrogens with two attached hydrogens (primary N) is 1. The molecule has 1 aliphatic heterocycles. The summed E-state index contributed by atoms with van der Waals surface area (Å²) in [6.45, 7) is 1.39. The van der Waals surface area contributed by atoms with Gasteiger partial charge in [-0.1, -0.05) is 6.42 Å². The highest BCUT2D eigenvalue weighted by atomic mass is 16.5. The van der Waals surface area contributed by atoms with Crippen molar-refractivity contribution in [2.24, 2.45) is 11.1 Å². The van der Waals surface area contributed by atoms with E-state index in [1.165, 1.54) is 6.42 Å². The van der Waals surface area contributed by atoms with E-state index in [0.717, 1.165) is 37.9 Å². The lowest BCUT2D eigenvalue weighted by Gasteiger charge is -2.40. The first-order chi connectivity index (χ1) is 7.26. The molecule has 0 aromatic rings. The maximum atomic E-state index is 12.0. The van der Waals surface area contributed by atoms with Crippen LogP contribution < -0.4 is 5.73 Å². The van der Waals surface area contributed by atoms with Crippen molar-refractivity contribution in [3.63, 3.8) is 0 Å². The Kier molecular flexibility index (Phi) is 3.10. The van der Waals surface area contributed by atoms with E-state index in [2.05, 4.69) is 0 Å². The molecule has 0 radical (unpaired) electrons. The molecule has 3 nitrogen and oxygen atoms in total. The third-order valence-corrected chi connectivity index (χ3v) is 3.67. The average Bonchev–Trinajstić information content (AvgIpc) is 2.24. The van der Waals surface area contributed by atoms with Gasteiger partial charge in [0.15, 0.2) is 5.78 Å². The molecule has 84 valence electrons. The predicted molar refractivity (Wildman–Crippen MR) is 58.2 cm³/mol. The van der Waals surface area contributed by atoms with E-state index >= 15 is 0 Å². The topological polar surface area (TPSA) is 52.3 Å². The van der Waals surface area contributed by atoms with Crippen LogP contribution in [0.15, 0.2) is 11.8 Å². The van der Waals surface area contributed by atoms with Crippen molar-refractivity contribution in [2.45, 2.75) is 38.5 Å². The van der Waals surface area contributed by atoms with Crippen molar-refractivity contribution in [2.75, 3.05) is 13.2 Å². The van der Waals surface area contributed by atoms with Gasteiger partial charge in [-0.05, 0) is 37.6 Å². The maximum Gasteiger partial charge on any atom is 0.162 e. The fraction of sp³-hybridized carbons (Fsp3) is 0.750. The lowest BCUT2D eigenvalue weighted by Crippen LogP contribution is -2.39. The minimum absolute atomic E-state index is 0.120. The van der Waals surface area contributed by atoms with Gasteiger partial charge in [0.2, 0.25) is 0 Å². The van der Waals surface area contributed by atoms with Crippen molar-refractivity contribution in [3.05, 3.63) is 11.8 Å². The highest BCUT2D eigenvalue weighted by Crippen LogP contribution is 2.43. The van der Waals surface area contributed by atoms with Gasteiger partial charge in [0.1, 0.15) is 0 Å². The van der Waals surface area contributed by atoms with E-state index in [9.17, 15) is 4.79 Å². The Balaban J connectivity index is 1.93. The van der Waals surface area contributed by atoms with E-state index in [-0.39, 0.29) is 11.2 Å². The summed E-state index contributed by atoms with van der Waals surface area (Å²) in [6.07, 6.45) is 7.56. The summed E-state index contributed by atoms with van der Waals surface area (Å²) in [7, 11) is 0. The lowest BCUT2D eigenvalue weighted by molar-refractivity contribution is -0.119. The van der Waals surface area contributed by atoms with Gasteiger partial charge < -0.3 is 10.5 Å². The molecule has 1 saturated carbocycles. The highest BCUT2D eigenvalue weighted by molar-refractivity contribution is 5.95. The zero-order valence-electron chi connectivity index (χ0n) is 9.13. The number of carbonyl (C=O) groups excluding carboxylic acids is 1. The molecule has 0 atom stereocenters. The van der Waals surface area contributed by atoms with Crippen molar-refractivity contribution >= 4 is 5.78 Å². The van der Waals surface area contributed by atoms with Crippen molar-refractivity contribution in [1.82, 2.24) is 0 Å². The monoisotopic (exact) mass is 209 g/mol. The molecule has 0 amide bonds. The Hall–Kier alpha value is -0.830. The molecule has 2 aliphatic rings. The van der Waals surface area contributed by atoms with Crippen LogP contribution in [-0.4, -0.2) is 18.9 Å². The van der Waals surface area contributed by atoms with Crippen LogP contribution in [-0.2, 0) is 9.53 Å². The van der Waals surface area contributed by atoms with Gasteiger partial charge in [0.05, 0.1) is 12.9 Å². The van der Waals surface area contributed by atoms with Gasteiger partial charge in [-0.3, -0.25) is 4.79 Å². The zero-order valence-corrected chi connectivity index (χ0v) is 9.13. The maximum absolute atomic E-state index is 12.0. The first-order valence-corrected chi connectivity index (χ1v) is 5.80. The van der Waals surface area contributed by atoms with E-state index < -0.39 is 0 Å². The van der Waals surface area contributed by atoms with Crippen LogP contribution in [0.5, 0.6) is 0 Å². The second-order valence-corrected chi connectivity index (χ2v) is 4.78.